The Morgan fingerprint density at radius 1 is 1.20 bits per heavy atom. The van der Waals surface area contributed by atoms with E-state index in [0.29, 0.717) is 19.0 Å². The van der Waals surface area contributed by atoms with Gasteiger partial charge < -0.3 is 19.3 Å². The number of nitrogens with one attached hydrogen (secondary N) is 1. The van der Waals surface area contributed by atoms with Crippen molar-refractivity contribution in [2.24, 2.45) is 0 Å². The van der Waals surface area contributed by atoms with Crippen molar-refractivity contribution < 1.29 is 14.0 Å². The van der Waals surface area contributed by atoms with Crippen molar-refractivity contribution in [3.8, 4) is 11.5 Å². The molecule has 3 rings (SSSR count). The van der Waals surface area contributed by atoms with E-state index in [0.717, 1.165) is 43.0 Å². The first-order valence-electron chi connectivity index (χ1n) is 6.77. The van der Waals surface area contributed by atoms with Gasteiger partial charge in [0.2, 0.25) is 6.39 Å². The van der Waals surface area contributed by atoms with Gasteiger partial charge in [0.1, 0.15) is 0 Å². The Morgan fingerprint density at radius 3 is 3.05 bits per heavy atom. The molecule has 1 aliphatic rings. The number of hydrogen-bond donors (Lipinski definition) is 1. The molecule has 0 radical (unpaired) electrons. The van der Waals surface area contributed by atoms with Crippen LogP contribution in [0.15, 0.2) is 29.1 Å². The lowest BCUT2D eigenvalue weighted by molar-refractivity contribution is 0.296. The zero-order valence-electron chi connectivity index (χ0n) is 11.2. The van der Waals surface area contributed by atoms with Gasteiger partial charge in [0.15, 0.2) is 17.3 Å². The van der Waals surface area contributed by atoms with Gasteiger partial charge in [0, 0.05) is 31.5 Å². The fourth-order valence-electron chi connectivity index (χ4n) is 2.12. The molecule has 0 saturated carbocycles. The molecule has 20 heavy (non-hydrogen) atoms. The number of nitrogens with zero attached hydrogens (tertiary/aromatic N) is 2. The van der Waals surface area contributed by atoms with Crippen molar-refractivity contribution in [2.75, 3.05) is 19.8 Å². The average Bonchev–Trinajstić information content (AvgIpc) is 2.87. The van der Waals surface area contributed by atoms with E-state index in [2.05, 4.69) is 21.5 Å². The maximum atomic E-state index is 5.78. The lowest BCUT2D eigenvalue weighted by Crippen LogP contribution is -2.17. The van der Waals surface area contributed by atoms with Crippen LogP contribution in [-0.4, -0.2) is 29.9 Å². The van der Waals surface area contributed by atoms with Gasteiger partial charge in [-0.3, -0.25) is 0 Å². The van der Waals surface area contributed by atoms with Gasteiger partial charge in [-0.05, 0) is 6.07 Å². The summed E-state index contributed by atoms with van der Waals surface area (Å²) in [7, 11) is 0. The van der Waals surface area contributed by atoms with Gasteiger partial charge >= 0.3 is 0 Å². The van der Waals surface area contributed by atoms with Crippen LogP contribution >= 0.6 is 0 Å². The number of fused-ring (bicyclic) bond motifs is 1. The summed E-state index contributed by atoms with van der Waals surface area (Å²) in [6.45, 7) is 2.92. The monoisotopic (exact) mass is 275 g/mol. The molecular formula is C14H17N3O3. The van der Waals surface area contributed by atoms with Crippen molar-refractivity contribution >= 4 is 0 Å². The Balaban J connectivity index is 1.57. The predicted octanol–water partition coefficient (Wildman–Crippen LogP) is 1.56. The minimum atomic E-state index is 0.701. The van der Waals surface area contributed by atoms with Crippen LogP contribution in [0.3, 0.4) is 0 Å². The van der Waals surface area contributed by atoms with Gasteiger partial charge in [0.25, 0.3) is 0 Å². The summed E-state index contributed by atoms with van der Waals surface area (Å²) in [6, 6.07) is 5.99. The highest BCUT2D eigenvalue weighted by Crippen LogP contribution is 2.32. The Hall–Kier alpha value is -2.08. The van der Waals surface area contributed by atoms with Crippen LogP contribution in [0, 0.1) is 0 Å². The lowest BCUT2D eigenvalue weighted by atomic mass is 10.2. The molecule has 1 aromatic heterocycles. The zero-order chi connectivity index (χ0) is 13.6. The molecule has 0 fully saturated rings. The van der Waals surface area contributed by atoms with Gasteiger partial charge in [0.05, 0.1) is 13.2 Å². The van der Waals surface area contributed by atoms with Crippen LogP contribution in [0.1, 0.15) is 17.8 Å². The second-order valence-electron chi connectivity index (χ2n) is 4.57. The molecule has 6 heteroatoms. The SMILES string of the molecule is c1cc(CNCCc2ncon2)c2c(c1)OCCCO2. The fourth-order valence-corrected chi connectivity index (χ4v) is 2.12. The van der Waals surface area contributed by atoms with Crippen LogP contribution in [0.25, 0.3) is 0 Å². The molecule has 0 saturated heterocycles. The van der Waals surface area contributed by atoms with E-state index >= 15 is 0 Å². The first-order chi connectivity index (χ1) is 9.93. The Morgan fingerprint density at radius 2 is 2.15 bits per heavy atom. The number of rotatable bonds is 5. The lowest BCUT2D eigenvalue weighted by Gasteiger charge is -2.12. The minimum absolute atomic E-state index is 0.701. The summed E-state index contributed by atoms with van der Waals surface area (Å²) < 4.78 is 16.1. The summed E-state index contributed by atoms with van der Waals surface area (Å²) in [6.07, 6.45) is 3.00. The maximum absolute atomic E-state index is 5.78. The molecule has 2 heterocycles. The maximum Gasteiger partial charge on any atom is 0.213 e. The van der Waals surface area contributed by atoms with Crippen LogP contribution in [0.2, 0.25) is 0 Å². The molecule has 2 aromatic rings. The standard InChI is InChI=1S/C14H17N3O3/c1-3-11(9-15-6-5-13-16-10-20-17-13)14-12(4-1)18-7-2-8-19-14/h1,3-4,10,15H,2,5-9H2. The van der Waals surface area contributed by atoms with E-state index in [1.807, 2.05) is 12.1 Å². The first kappa shape index (κ1) is 12.9. The summed E-state index contributed by atoms with van der Waals surface area (Å²) in [5, 5.41) is 7.13. The number of aromatic nitrogens is 2. The molecular weight excluding hydrogens is 258 g/mol. The highest BCUT2D eigenvalue weighted by atomic mass is 16.5. The molecule has 6 nitrogen and oxygen atoms in total. The number of ether oxygens (including phenoxy) is 2. The molecule has 1 N–H and O–H groups in total. The van der Waals surface area contributed by atoms with Crippen LogP contribution < -0.4 is 14.8 Å². The Kier molecular flexibility index (Phi) is 4.13. The van der Waals surface area contributed by atoms with Crippen LogP contribution in [-0.2, 0) is 13.0 Å². The molecule has 0 bridgehead atoms. The number of para-hydroxylation sites is 1. The van der Waals surface area contributed by atoms with Crippen molar-refractivity contribution in [2.45, 2.75) is 19.4 Å². The van der Waals surface area contributed by atoms with E-state index in [-0.39, 0.29) is 0 Å². The second kappa shape index (κ2) is 6.38. The highest BCUT2D eigenvalue weighted by Gasteiger charge is 2.13. The highest BCUT2D eigenvalue weighted by molar-refractivity contribution is 5.47. The summed E-state index contributed by atoms with van der Waals surface area (Å²) in [5.41, 5.74) is 1.11. The normalized spacial score (nSPS) is 14.0. The summed E-state index contributed by atoms with van der Waals surface area (Å²) >= 11 is 0. The molecule has 106 valence electrons. The smallest absolute Gasteiger partial charge is 0.213 e. The predicted molar refractivity (Wildman–Crippen MR) is 71.8 cm³/mol. The number of benzene rings is 1. The minimum Gasteiger partial charge on any atom is -0.490 e. The van der Waals surface area contributed by atoms with Gasteiger partial charge in [-0.2, -0.15) is 4.98 Å². The molecule has 0 unspecified atom stereocenters. The first-order valence-corrected chi connectivity index (χ1v) is 6.77. The molecule has 0 atom stereocenters. The molecule has 0 spiro atoms. The Labute approximate surface area is 117 Å². The topological polar surface area (TPSA) is 69.4 Å². The summed E-state index contributed by atoms with van der Waals surface area (Å²) in [5.74, 6) is 2.40. The third kappa shape index (κ3) is 3.08. The van der Waals surface area contributed by atoms with Crippen molar-refractivity contribution in [1.29, 1.82) is 0 Å². The second-order valence-corrected chi connectivity index (χ2v) is 4.57. The van der Waals surface area contributed by atoms with Crippen molar-refractivity contribution in [3.63, 3.8) is 0 Å². The van der Waals surface area contributed by atoms with Crippen molar-refractivity contribution in [3.05, 3.63) is 36.0 Å². The van der Waals surface area contributed by atoms with E-state index in [9.17, 15) is 0 Å². The van der Waals surface area contributed by atoms with E-state index < -0.39 is 0 Å². The molecule has 1 aromatic carbocycles. The largest absolute Gasteiger partial charge is 0.490 e. The molecule has 0 amide bonds. The fraction of sp³-hybridized carbons (Fsp3) is 0.429. The molecule has 1 aliphatic heterocycles. The van der Waals surface area contributed by atoms with E-state index in [1.165, 1.54) is 6.39 Å². The third-order valence-corrected chi connectivity index (χ3v) is 3.10. The van der Waals surface area contributed by atoms with Gasteiger partial charge in [-0.15, -0.1) is 0 Å². The van der Waals surface area contributed by atoms with Crippen LogP contribution in [0.5, 0.6) is 11.5 Å². The summed E-state index contributed by atoms with van der Waals surface area (Å²) in [4.78, 5) is 3.98. The molecule has 0 aliphatic carbocycles. The zero-order valence-corrected chi connectivity index (χ0v) is 11.2. The number of hydrogen-bond acceptors (Lipinski definition) is 6. The van der Waals surface area contributed by atoms with Gasteiger partial charge in [-0.1, -0.05) is 17.3 Å². The Bertz CT molecular complexity index is 543. The van der Waals surface area contributed by atoms with E-state index in [1.54, 1.807) is 0 Å². The van der Waals surface area contributed by atoms with E-state index in [4.69, 9.17) is 14.0 Å². The van der Waals surface area contributed by atoms with Gasteiger partial charge in [-0.25, -0.2) is 0 Å². The van der Waals surface area contributed by atoms with Crippen LogP contribution in [0.4, 0.5) is 0 Å². The van der Waals surface area contributed by atoms with Crippen molar-refractivity contribution in [1.82, 2.24) is 15.5 Å². The quantitative estimate of drug-likeness (QED) is 0.835. The average molecular weight is 275 g/mol. The third-order valence-electron chi connectivity index (χ3n) is 3.10.